The van der Waals surface area contributed by atoms with Crippen LogP contribution in [0.5, 0.6) is 0 Å². The van der Waals surface area contributed by atoms with Gasteiger partial charge >= 0.3 is 5.82 Å². The number of hydrogen-bond donors (Lipinski definition) is 3. The number of hydrogen-bond acceptors (Lipinski definition) is 7. The number of aliphatic hydroxyl groups is 2. The lowest BCUT2D eigenvalue weighted by atomic mass is 10.4. The van der Waals surface area contributed by atoms with Crippen molar-refractivity contribution in [2.24, 2.45) is 0 Å². The fourth-order valence-corrected chi connectivity index (χ4v) is 0.794. The van der Waals surface area contributed by atoms with E-state index in [2.05, 4.69) is 15.3 Å². The van der Waals surface area contributed by atoms with Crippen molar-refractivity contribution in [1.82, 2.24) is 9.97 Å². The van der Waals surface area contributed by atoms with Crippen LogP contribution in [-0.4, -0.2) is 44.4 Å². The van der Waals surface area contributed by atoms with E-state index in [0.717, 1.165) is 6.20 Å². The van der Waals surface area contributed by atoms with Gasteiger partial charge in [0.15, 0.2) is 12.0 Å². The summed E-state index contributed by atoms with van der Waals surface area (Å²) in [6.07, 6.45) is 1.29. The zero-order valence-electron chi connectivity index (χ0n) is 7.70. The second-order valence-electron chi connectivity index (χ2n) is 2.73. The Morgan fingerprint density at radius 2 is 2.27 bits per heavy atom. The van der Waals surface area contributed by atoms with Crippen molar-refractivity contribution >= 4 is 11.6 Å². The van der Waals surface area contributed by atoms with E-state index < -0.39 is 11.0 Å². The standard InChI is InChI=1S/C7H10N4O4/c12-4-5(13)1-8-6-2-10-7(3-9-6)11(14)15/h2-3,5,12-13H,1,4H2,(H,8,9). The van der Waals surface area contributed by atoms with Crippen LogP contribution in [0.3, 0.4) is 0 Å². The van der Waals surface area contributed by atoms with E-state index >= 15 is 0 Å². The average Bonchev–Trinajstić information content (AvgIpc) is 2.26. The smallest absolute Gasteiger partial charge is 0.382 e. The van der Waals surface area contributed by atoms with E-state index in [1.54, 1.807) is 0 Å². The quantitative estimate of drug-likeness (QED) is 0.431. The second kappa shape index (κ2) is 5.17. The molecule has 3 N–H and O–H groups in total. The summed E-state index contributed by atoms with van der Waals surface area (Å²) in [5.74, 6) is -0.0450. The molecule has 8 nitrogen and oxygen atoms in total. The van der Waals surface area contributed by atoms with Crippen LogP contribution in [-0.2, 0) is 0 Å². The molecule has 0 amide bonds. The molecule has 0 aromatic carbocycles. The van der Waals surface area contributed by atoms with E-state index in [0.29, 0.717) is 5.82 Å². The largest absolute Gasteiger partial charge is 0.394 e. The Bertz CT molecular complexity index is 328. The molecule has 82 valence electrons. The van der Waals surface area contributed by atoms with Crippen LogP contribution < -0.4 is 5.32 Å². The molecule has 1 heterocycles. The van der Waals surface area contributed by atoms with E-state index in [1.807, 2.05) is 0 Å². The summed E-state index contributed by atoms with van der Waals surface area (Å²) in [5, 5.41) is 30.4. The summed E-state index contributed by atoms with van der Waals surface area (Å²) in [4.78, 5) is 16.8. The first-order valence-corrected chi connectivity index (χ1v) is 4.12. The SMILES string of the molecule is O=[N+]([O-])c1cnc(NCC(O)CO)cn1. The average molecular weight is 214 g/mol. The molecule has 0 aliphatic heterocycles. The van der Waals surface area contributed by atoms with Gasteiger partial charge in [0.05, 0.1) is 12.7 Å². The summed E-state index contributed by atoms with van der Waals surface area (Å²) in [6, 6.07) is 0. The molecular weight excluding hydrogens is 204 g/mol. The monoisotopic (exact) mass is 214 g/mol. The summed E-state index contributed by atoms with van der Waals surface area (Å²) in [5.41, 5.74) is 0. The molecule has 1 aromatic heterocycles. The lowest BCUT2D eigenvalue weighted by Crippen LogP contribution is -2.23. The Labute approximate surface area is 84.8 Å². The minimum absolute atomic E-state index is 0.100. The molecule has 1 atom stereocenters. The molecule has 0 aliphatic rings. The van der Waals surface area contributed by atoms with Crippen molar-refractivity contribution < 1.29 is 15.1 Å². The van der Waals surface area contributed by atoms with Crippen LogP contribution in [0.2, 0.25) is 0 Å². The molecule has 0 radical (unpaired) electrons. The van der Waals surface area contributed by atoms with Crippen molar-refractivity contribution in [2.75, 3.05) is 18.5 Å². The van der Waals surface area contributed by atoms with Crippen molar-refractivity contribution in [2.45, 2.75) is 6.10 Å². The molecule has 15 heavy (non-hydrogen) atoms. The third-order valence-corrected chi connectivity index (χ3v) is 1.55. The first-order chi connectivity index (χ1) is 7.13. The lowest BCUT2D eigenvalue weighted by Gasteiger charge is -2.07. The van der Waals surface area contributed by atoms with Gasteiger partial charge in [-0.3, -0.25) is 0 Å². The van der Waals surface area contributed by atoms with Crippen molar-refractivity contribution in [3.63, 3.8) is 0 Å². The molecule has 1 aromatic rings. The molecular formula is C7H10N4O4. The molecule has 1 rings (SSSR count). The topological polar surface area (TPSA) is 121 Å². The Morgan fingerprint density at radius 1 is 1.53 bits per heavy atom. The summed E-state index contributed by atoms with van der Waals surface area (Å²) >= 11 is 0. The summed E-state index contributed by atoms with van der Waals surface area (Å²) in [7, 11) is 0. The molecule has 8 heteroatoms. The van der Waals surface area contributed by atoms with Crippen molar-refractivity contribution in [3.05, 3.63) is 22.5 Å². The number of aliphatic hydroxyl groups excluding tert-OH is 2. The van der Waals surface area contributed by atoms with Gasteiger partial charge in [-0.25, -0.2) is 4.98 Å². The maximum Gasteiger partial charge on any atom is 0.382 e. The van der Waals surface area contributed by atoms with Crippen LogP contribution in [0.25, 0.3) is 0 Å². The number of anilines is 1. The van der Waals surface area contributed by atoms with Crippen LogP contribution in [0.15, 0.2) is 12.4 Å². The number of aromatic nitrogens is 2. The Hall–Kier alpha value is -1.80. The zero-order valence-corrected chi connectivity index (χ0v) is 7.70. The predicted octanol–water partition coefficient (Wildman–Crippen LogP) is -0.850. The number of nitrogens with zero attached hydrogens (tertiary/aromatic N) is 3. The lowest BCUT2D eigenvalue weighted by molar-refractivity contribution is -0.389. The summed E-state index contributed by atoms with van der Waals surface area (Å²) in [6.45, 7) is -0.267. The molecule has 1 unspecified atom stereocenters. The first kappa shape index (κ1) is 11.3. The van der Waals surface area contributed by atoms with E-state index in [-0.39, 0.29) is 19.0 Å². The van der Waals surface area contributed by atoms with Crippen LogP contribution in [0.1, 0.15) is 0 Å². The van der Waals surface area contributed by atoms with Gasteiger partial charge in [0.1, 0.15) is 6.20 Å². The Balaban J connectivity index is 2.53. The fourth-order valence-electron chi connectivity index (χ4n) is 0.794. The summed E-state index contributed by atoms with van der Waals surface area (Å²) < 4.78 is 0. The van der Waals surface area contributed by atoms with E-state index in [4.69, 9.17) is 10.2 Å². The maximum atomic E-state index is 10.2. The number of nitro groups is 1. The Kier molecular flexibility index (Phi) is 3.89. The van der Waals surface area contributed by atoms with Gasteiger partial charge < -0.3 is 25.6 Å². The minimum Gasteiger partial charge on any atom is -0.394 e. The normalized spacial score (nSPS) is 12.1. The molecule has 0 aliphatic carbocycles. The highest BCUT2D eigenvalue weighted by Gasteiger charge is 2.08. The van der Waals surface area contributed by atoms with E-state index in [9.17, 15) is 10.1 Å². The van der Waals surface area contributed by atoms with Crippen molar-refractivity contribution in [3.8, 4) is 0 Å². The fraction of sp³-hybridized carbons (Fsp3) is 0.429. The predicted molar refractivity (Wildman–Crippen MR) is 50.3 cm³/mol. The third kappa shape index (κ3) is 3.44. The highest BCUT2D eigenvalue weighted by atomic mass is 16.6. The molecule has 0 spiro atoms. The van der Waals surface area contributed by atoms with Crippen LogP contribution in [0.4, 0.5) is 11.6 Å². The van der Waals surface area contributed by atoms with Gasteiger partial charge in [-0.05, 0) is 9.91 Å². The highest BCUT2D eigenvalue weighted by Crippen LogP contribution is 2.06. The van der Waals surface area contributed by atoms with Gasteiger partial charge in [0, 0.05) is 6.54 Å². The molecule has 0 bridgehead atoms. The van der Waals surface area contributed by atoms with Gasteiger partial charge in [-0.15, -0.1) is 0 Å². The zero-order chi connectivity index (χ0) is 11.3. The van der Waals surface area contributed by atoms with Crippen molar-refractivity contribution in [1.29, 1.82) is 0 Å². The first-order valence-electron chi connectivity index (χ1n) is 4.12. The molecule has 0 saturated heterocycles. The van der Waals surface area contributed by atoms with Crippen LogP contribution >= 0.6 is 0 Å². The highest BCUT2D eigenvalue weighted by molar-refractivity contribution is 5.33. The van der Waals surface area contributed by atoms with E-state index in [1.165, 1.54) is 6.20 Å². The second-order valence-corrected chi connectivity index (χ2v) is 2.73. The van der Waals surface area contributed by atoms with Gasteiger partial charge in [0.2, 0.25) is 0 Å². The minimum atomic E-state index is -0.901. The third-order valence-electron chi connectivity index (χ3n) is 1.55. The Morgan fingerprint density at radius 3 is 2.73 bits per heavy atom. The number of rotatable bonds is 5. The van der Waals surface area contributed by atoms with Gasteiger partial charge in [0.25, 0.3) is 0 Å². The molecule has 0 saturated carbocycles. The number of nitrogens with one attached hydrogen (secondary N) is 1. The van der Waals surface area contributed by atoms with Gasteiger partial charge in [-0.1, -0.05) is 0 Å². The molecule has 0 fully saturated rings. The van der Waals surface area contributed by atoms with Crippen LogP contribution in [0, 0.1) is 10.1 Å². The maximum absolute atomic E-state index is 10.2. The van der Waals surface area contributed by atoms with Gasteiger partial charge in [-0.2, -0.15) is 0 Å².